The highest BCUT2D eigenvalue weighted by Crippen LogP contribution is 2.29. The van der Waals surface area contributed by atoms with Gasteiger partial charge in [-0.15, -0.1) is 0 Å². The van der Waals surface area contributed by atoms with Gasteiger partial charge in [0, 0.05) is 11.2 Å². The third-order valence-electron chi connectivity index (χ3n) is 3.13. The van der Waals surface area contributed by atoms with Gasteiger partial charge in [-0.25, -0.2) is 0 Å². The zero-order valence-corrected chi connectivity index (χ0v) is 12.9. The second-order valence-electron chi connectivity index (χ2n) is 4.37. The smallest absolute Gasteiger partial charge is 0.122 e. The van der Waals surface area contributed by atoms with Crippen molar-refractivity contribution in [3.05, 3.63) is 57.8 Å². The number of hydrogen-bond donors (Lipinski definition) is 1. The van der Waals surface area contributed by atoms with Crippen LogP contribution in [0.5, 0.6) is 5.75 Å². The molecule has 1 atom stereocenters. The van der Waals surface area contributed by atoms with Crippen molar-refractivity contribution in [3.8, 4) is 5.75 Å². The molecule has 106 valence electrons. The third-order valence-corrected chi connectivity index (χ3v) is 3.69. The van der Waals surface area contributed by atoms with Gasteiger partial charge in [-0.05, 0) is 49.4 Å². The fraction of sp³-hybridized carbons (Fsp3) is 0.267. The predicted octanol–water partition coefficient (Wildman–Crippen LogP) is 3.90. The molecule has 1 N–H and O–H groups in total. The second-order valence-corrected chi connectivity index (χ2v) is 5.22. The molecule has 5 heteroatoms. The molecule has 2 rings (SSSR count). The van der Waals surface area contributed by atoms with E-state index in [-0.39, 0.29) is 6.04 Å². The molecular weight excluding hydrogens is 295 g/mol. The Morgan fingerprint density at radius 2 is 2.10 bits per heavy atom. The van der Waals surface area contributed by atoms with Gasteiger partial charge in [-0.2, -0.15) is 0 Å². The summed E-state index contributed by atoms with van der Waals surface area (Å²) in [6.45, 7) is 0. The van der Waals surface area contributed by atoms with Gasteiger partial charge in [-0.1, -0.05) is 23.2 Å². The lowest BCUT2D eigenvalue weighted by Crippen LogP contribution is -2.20. The average Bonchev–Trinajstić information content (AvgIpc) is 2.46. The lowest BCUT2D eigenvalue weighted by molar-refractivity contribution is 0.406. The highest BCUT2D eigenvalue weighted by molar-refractivity contribution is 6.31. The summed E-state index contributed by atoms with van der Waals surface area (Å²) in [4.78, 5) is 4.36. The van der Waals surface area contributed by atoms with E-state index in [2.05, 4.69) is 10.3 Å². The SMILES string of the molecule is CNC(Cc1cc(Cl)ccc1OC)c1ncccc1Cl. The van der Waals surface area contributed by atoms with Crippen molar-refractivity contribution >= 4 is 23.2 Å². The summed E-state index contributed by atoms with van der Waals surface area (Å²) in [5.41, 5.74) is 1.83. The molecule has 2 aromatic rings. The normalized spacial score (nSPS) is 12.2. The van der Waals surface area contributed by atoms with Crippen molar-refractivity contribution in [2.75, 3.05) is 14.2 Å². The summed E-state index contributed by atoms with van der Waals surface area (Å²) < 4.78 is 5.37. The van der Waals surface area contributed by atoms with Gasteiger partial charge in [-0.3, -0.25) is 4.98 Å². The van der Waals surface area contributed by atoms with E-state index in [1.165, 1.54) is 0 Å². The standard InChI is InChI=1S/C15H16Cl2N2O/c1-18-13(15-12(17)4-3-7-19-15)9-10-8-11(16)5-6-14(10)20-2/h3-8,13,18H,9H2,1-2H3. The van der Waals surface area contributed by atoms with E-state index in [4.69, 9.17) is 27.9 Å². The Labute approximate surface area is 128 Å². The molecule has 20 heavy (non-hydrogen) atoms. The van der Waals surface area contributed by atoms with E-state index >= 15 is 0 Å². The Hall–Kier alpha value is -1.29. The van der Waals surface area contributed by atoms with Crippen molar-refractivity contribution < 1.29 is 4.74 Å². The van der Waals surface area contributed by atoms with Crippen LogP contribution in [0.1, 0.15) is 17.3 Å². The monoisotopic (exact) mass is 310 g/mol. The first-order valence-corrected chi connectivity index (χ1v) is 7.01. The van der Waals surface area contributed by atoms with E-state index in [1.54, 1.807) is 13.3 Å². The number of pyridine rings is 1. The van der Waals surface area contributed by atoms with E-state index in [1.807, 2.05) is 37.4 Å². The van der Waals surface area contributed by atoms with Crippen molar-refractivity contribution in [1.82, 2.24) is 10.3 Å². The molecule has 0 saturated carbocycles. The van der Waals surface area contributed by atoms with E-state index in [0.717, 1.165) is 17.0 Å². The molecule has 0 amide bonds. The Bertz CT molecular complexity index is 590. The molecule has 0 fully saturated rings. The fourth-order valence-corrected chi connectivity index (χ4v) is 2.56. The fourth-order valence-electron chi connectivity index (χ4n) is 2.12. The summed E-state index contributed by atoms with van der Waals surface area (Å²) in [5, 5.41) is 4.56. The van der Waals surface area contributed by atoms with E-state index in [9.17, 15) is 0 Å². The lowest BCUT2D eigenvalue weighted by Gasteiger charge is -2.18. The van der Waals surface area contributed by atoms with Gasteiger partial charge in [0.1, 0.15) is 5.75 Å². The van der Waals surface area contributed by atoms with Gasteiger partial charge in [0.05, 0.1) is 23.9 Å². The van der Waals surface area contributed by atoms with Crippen LogP contribution >= 0.6 is 23.2 Å². The number of nitrogens with zero attached hydrogens (tertiary/aromatic N) is 1. The topological polar surface area (TPSA) is 34.1 Å². The number of rotatable bonds is 5. The summed E-state index contributed by atoms with van der Waals surface area (Å²) in [7, 11) is 3.53. The van der Waals surface area contributed by atoms with Gasteiger partial charge in [0.15, 0.2) is 0 Å². The maximum atomic E-state index is 6.21. The number of hydrogen-bond acceptors (Lipinski definition) is 3. The molecular formula is C15H16Cl2N2O. The highest BCUT2D eigenvalue weighted by Gasteiger charge is 2.17. The molecule has 1 unspecified atom stereocenters. The molecule has 0 aliphatic heterocycles. The summed E-state index contributed by atoms with van der Waals surface area (Å²) in [5.74, 6) is 0.807. The molecule has 1 heterocycles. The third kappa shape index (κ3) is 3.42. The van der Waals surface area contributed by atoms with E-state index in [0.29, 0.717) is 16.5 Å². The lowest BCUT2D eigenvalue weighted by atomic mass is 10.0. The van der Waals surface area contributed by atoms with Crippen LogP contribution in [0.4, 0.5) is 0 Å². The Morgan fingerprint density at radius 3 is 2.75 bits per heavy atom. The largest absolute Gasteiger partial charge is 0.496 e. The van der Waals surface area contributed by atoms with Crippen LogP contribution in [0.25, 0.3) is 0 Å². The molecule has 0 bridgehead atoms. The maximum Gasteiger partial charge on any atom is 0.122 e. The predicted molar refractivity (Wildman–Crippen MR) is 82.8 cm³/mol. The average molecular weight is 311 g/mol. The molecule has 1 aromatic heterocycles. The number of halogens is 2. The van der Waals surface area contributed by atoms with Crippen LogP contribution in [0.3, 0.4) is 0 Å². The molecule has 0 aliphatic carbocycles. The molecule has 0 radical (unpaired) electrons. The van der Waals surface area contributed by atoms with Crippen molar-refractivity contribution in [2.45, 2.75) is 12.5 Å². The number of likely N-dealkylation sites (N-methyl/N-ethyl adjacent to an activating group) is 1. The van der Waals surface area contributed by atoms with Gasteiger partial charge < -0.3 is 10.1 Å². The van der Waals surface area contributed by atoms with Gasteiger partial charge in [0.25, 0.3) is 0 Å². The summed E-state index contributed by atoms with van der Waals surface area (Å²) in [6.07, 6.45) is 2.43. The molecule has 0 saturated heterocycles. The van der Waals surface area contributed by atoms with Gasteiger partial charge >= 0.3 is 0 Å². The Balaban J connectivity index is 2.31. The maximum absolute atomic E-state index is 6.21. The van der Waals surface area contributed by atoms with Crippen LogP contribution < -0.4 is 10.1 Å². The molecule has 0 aliphatic rings. The first-order chi connectivity index (χ1) is 9.65. The van der Waals surface area contributed by atoms with Crippen molar-refractivity contribution in [3.63, 3.8) is 0 Å². The number of aromatic nitrogens is 1. The van der Waals surface area contributed by atoms with Crippen LogP contribution in [0.15, 0.2) is 36.5 Å². The van der Waals surface area contributed by atoms with Crippen LogP contribution in [-0.2, 0) is 6.42 Å². The molecule has 0 spiro atoms. The zero-order valence-electron chi connectivity index (χ0n) is 11.4. The van der Waals surface area contributed by atoms with Crippen LogP contribution in [0.2, 0.25) is 10.0 Å². The van der Waals surface area contributed by atoms with Crippen molar-refractivity contribution in [1.29, 1.82) is 0 Å². The summed E-state index contributed by atoms with van der Waals surface area (Å²) >= 11 is 12.3. The number of methoxy groups -OCH3 is 1. The summed E-state index contributed by atoms with van der Waals surface area (Å²) in [6, 6.07) is 9.23. The second kappa shape index (κ2) is 6.93. The van der Waals surface area contributed by atoms with E-state index < -0.39 is 0 Å². The quantitative estimate of drug-likeness (QED) is 0.909. The van der Waals surface area contributed by atoms with Crippen LogP contribution in [0, 0.1) is 0 Å². The Kier molecular flexibility index (Phi) is 5.24. The number of benzene rings is 1. The first kappa shape index (κ1) is 15.1. The number of ether oxygens (including phenoxy) is 1. The Morgan fingerprint density at radius 1 is 1.30 bits per heavy atom. The number of nitrogens with one attached hydrogen (secondary N) is 1. The zero-order chi connectivity index (χ0) is 14.5. The van der Waals surface area contributed by atoms with Gasteiger partial charge in [0.2, 0.25) is 0 Å². The van der Waals surface area contributed by atoms with Crippen molar-refractivity contribution in [2.24, 2.45) is 0 Å². The van der Waals surface area contributed by atoms with Crippen LogP contribution in [-0.4, -0.2) is 19.1 Å². The minimum atomic E-state index is -0.00364. The minimum Gasteiger partial charge on any atom is -0.496 e. The minimum absolute atomic E-state index is 0.00364. The molecule has 1 aromatic carbocycles. The highest BCUT2D eigenvalue weighted by atomic mass is 35.5. The molecule has 3 nitrogen and oxygen atoms in total. The first-order valence-electron chi connectivity index (χ1n) is 6.25.